The molecule has 20 heavy (non-hydrogen) atoms. The molecule has 1 heterocycles. The third-order valence-corrected chi connectivity index (χ3v) is 2.49. The van der Waals surface area contributed by atoms with Gasteiger partial charge in [-0.1, -0.05) is 12.1 Å². The first kappa shape index (κ1) is 13.7. The first-order valence-electron chi connectivity index (χ1n) is 5.82. The fourth-order valence-corrected chi connectivity index (χ4v) is 1.51. The van der Waals surface area contributed by atoms with Crippen LogP contribution in [0.15, 0.2) is 22.7 Å². The second-order valence-corrected chi connectivity index (χ2v) is 3.85. The Kier molecular flexibility index (Phi) is 4.04. The normalized spacial score (nSPS) is 10.2. The molecular weight excluding hydrogens is 266 g/mol. The number of nitro benzene ring substituents is 1. The molecule has 0 aliphatic rings. The lowest BCUT2D eigenvalue weighted by Gasteiger charge is -2.04. The number of hydrogen-bond donors (Lipinski definition) is 0. The molecule has 104 valence electrons. The smallest absolute Gasteiger partial charge is 0.310 e. The third-order valence-electron chi connectivity index (χ3n) is 2.49. The second kappa shape index (κ2) is 5.91. The van der Waals surface area contributed by atoms with E-state index in [1.807, 2.05) is 6.92 Å². The molecule has 2 aromatic rings. The zero-order valence-electron chi connectivity index (χ0n) is 10.6. The van der Waals surface area contributed by atoms with Gasteiger partial charge in [-0.25, -0.2) is 0 Å². The van der Waals surface area contributed by atoms with Crippen LogP contribution in [0.25, 0.3) is 0 Å². The Morgan fingerprint density at radius 2 is 2.30 bits per heavy atom. The van der Waals surface area contributed by atoms with Gasteiger partial charge in [-0.15, -0.1) is 0 Å². The Hall–Kier alpha value is -2.77. The lowest BCUT2D eigenvalue weighted by atomic mass is 10.2. The van der Waals surface area contributed by atoms with E-state index in [4.69, 9.17) is 9.26 Å². The van der Waals surface area contributed by atoms with Gasteiger partial charge in [-0.2, -0.15) is 4.98 Å². The molecule has 0 radical (unpaired) electrons. The van der Waals surface area contributed by atoms with Gasteiger partial charge < -0.3 is 9.26 Å². The highest BCUT2D eigenvalue weighted by atomic mass is 16.6. The molecule has 0 unspecified atom stereocenters. The number of aldehydes is 1. The molecule has 0 spiro atoms. The number of carbonyl (C=O) groups excluding carboxylic acids is 1. The Balaban J connectivity index is 2.18. The number of aryl methyl sites for hydroxylation is 1. The van der Waals surface area contributed by atoms with Crippen molar-refractivity contribution in [3.63, 3.8) is 0 Å². The van der Waals surface area contributed by atoms with E-state index in [0.717, 1.165) is 0 Å². The number of aromatic nitrogens is 2. The molecule has 8 nitrogen and oxygen atoms in total. The van der Waals surface area contributed by atoms with Crippen LogP contribution in [0.5, 0.6) is 5.75 Å². The average molecular weight is 277 g/mol. The molecule has 0 aliphatic carbocycles. The maximum atomic E-state index is 10.9. The Labute approximate surface area is 113 Å². The maximum Gasteiger partial charge on any atom is 0.310 e. The lowest BCUT2D eigenvalue weighted by molar-refractivity contribution is -0.386. The molecule has 0 saturated carbocycles. The van der Waals surface area contributed by atoms with Gasteiger partial charge >= 0.3 is 5.69 Å². The average Bonchev–Trinajstić information content (AvgIpc) is 2.92. The topological polar surface area (TPSA) is 108 Å². The van der Waals surface area contributed by atoms with Crippen molar-refractivity contribution < 1.29 is 19.0 Å². The van der Waals surface area contributed by atoms with Crippen LogP contribution in [0.1, 0.15) is 29.0 Å². The highest BCUT2D eigenvalue weighted by Crippen LogP contribution is 2.28. The monoisotopic (exact) mass is 277 g/mol. The number of nitrogens with zero attached hydrogens (tertiary/aromatic N) is 3. The summed E-state index contributed by atoms with van der Waals surface area (Å²) in [5.41, 5.74) is 0.0581. The molecule has 0 bridgehead atoms. The second-order valence-electron chi connectivity index (χ2n) is 3.85. The highest BCUT2D eigenvalue weighted by molar-refractivity contribution is 5.76. The largest absolute Gasteiger partial charge is 0.478 e. The summed E-state index contributed by atoms with van der Waals surface area (Å²) in [5, 5.41) is 14.5. The maximum absolute atomic E-state index is 10.9. The fourth-order valence-electron chi connectivity index (χ4n) is 1.51. The van der Waals surface area contributed by atoms with E-state index in [2.05, 4.69) is 10.1 Å². The zero-order valence-corrected chi connectivity index (χ0v) is 10.6. The van der Waals surface area contributed by atoms with Gasteiger partial charge in [-0.05, 0) is 12.1 Å². The number of ether oxygens (including phenoxy) is 1. The van der Waals surface area contributed by atoms with Crippen LogP contribution in [-0.4, -0.2) is 21.4 Å². The Morgan fingerprint density at radius 3 is 2.90 bits per heavy atom. The first-order valence-corrected chi connectivity index (χ1v) is 5.82. The fraction of sp³-hybridized carbons (Fsp3) is 0.250. The molecule has 1 aromatic heterocycles. The SMILES string of the molecule is CCc1nc(COc2cc(C=O)ccc2[N+](=O)[O-])no1. The van der Waals surface area contributed by atoms with Crippen molar-refractivity contribution in [2.24, 2.45) is 0 Å². The molecule has 8 heteroatoms. The molecule has 0 fully saturated rings. The Bertz CT molecular complexity index is 638. The van der Waals surface area contributed by atoms with Gasteiger partial charge in [0, 0.05) is 18.1 Å². The number of hydrogen-bond acceptors (Lipinski definition) is 7. The van der Waals surface area contributed by atoms with E-state index in [1.54, 1.807) is 0 Å². The first-order chi connectivity index (χ1) is 9.63. The molecule has 0 atom stereocenters. The van der Waals surface area contributed by atoms with Crippen molar-refractivity contribution in [2.45, 2.75) is 20.0 Å². The quantitative estimate of drug-likeness (QED) is 0.450. The summed E-state index contributed by atoms with van der Waals surface area (Å²) in [5.74, 6) is 0.731. The Morgan fingerprint density at radius 1 is 1.50 bits per heavy atom. The number of nitro groups is 1. The minimum Gasteiger partial charge on any atom is -0.478 e. The molecule has 1 aromatic carbocycles. The van der Waals surface area contributed by atoms with Gasteiger partial charge in [0.2, 0.25) is 11.7 Å². The van der Waals surface area contributed by atoms with E-state index in [0.29, 0.717) is 18.6 Å². The minimum atomic E-state index is -0.586. The number of carbonyl (C=O) groups is 1. The molecule has 2 rings (SSSR count). The molecule has 0 aliphatic heterocycles. The summed E-state index contributed by atoms with van der Waals surface area (Å²) < 4.78 is 10.2. The van der Waals surface area contributed by atoms with E-state index >= 15 is 0 Å². The summed E-state index contributed by atoms with van der Waals surface area (Å²) >= 11 is 0. The summed E-state index contributed by atoms with van der Waals surface area (Å²) in [7, 11) is 0. The van der Waals surface area contributed by atoms with Gasteiger partial charge in [0.05, 0.1) is 4.92 Å². The summed E-state index contributed by atoms with van der Waals surface area (Å²) in [4.78, 5) is 25.0. The zero-order chi connectivity index (χ0) is 14.5. The minimum absolute atomic E-state index is 0.0116. The van der Waals surface area contributed by atoms with Crippen LogP contribution in [0.4, 0.5) is 5.69 Å². The van der Waals surface area contributed by atoms with Crippen LogP contribution >= 0.6 is 0 Å². The molecule has 0 N–H and O–H groups in total. The highest BCUT2D eigenvalue weighted by Gasteiger charge is 2.16. The molecule has 0 amide bonds. The number of benzene rings is 1. The number of rotatable bonds is 6. The molecular formula is C12H11N3O5. The van der Waals surface area contributed by atoms with Crippen LogP contribution in [0, 0.1) is 10.1 Å². The van der Waals surface area contributed by atoms with Crippen LogP contribution in [-0.2, 0) is 13.0 Å². The van der Waals surface area contributed by atoms with Crippen molar-refractivity contribution in [1.29, 1.82) is 0 Å². The van der Waals surface area contributed by atoms with E-state index < -0.39 is 4.92 Å². The summed E-state index contributed by atoms with van der Waals surface area (Å²) in [6.07, 6.45) is 1.17. The lowest BCUT2D eigenvalue weighted by Crippen LogP contribution is -2.01. The van der Waals surface area contributed by atoms with Crippen molar-refractivity contribution in [1.82, 2.24) is 10.1 Å². The van der Waals surface area contributed by atoms with Gasteiger partial charge in [0.1, 0.15) is 6.29 Å². The van der Waals surface area contributed by atoms with E-state index in [1.165, 1.54) is 18.2 Å². The predicted molar refractivity (Wildman–Crippen MR) is 66.5 cm³/mol. The van der Waals surface area contributed by atoms with Crippen molar-refractivity contribution in [3.05, 3.63) is 45.6 Å². The van der Waals surface area contributed by atoms with Crippen molar-refractivity contribution in [3.8, 4) is 5.75 Å². The van der Waals surface area contributed by atoms with Crippen LogP contribution in [0.3, 0.4) is 0 Å². The van der Waals surface area contributed by atoms with Crippen molar-refractivity contribution >= 4 is 12.0 Å². The summed E-state index contributed by atoms with van der Waals surface area (Å²) in [6, 6.07) is 3.86. The standard InChI is InChI=1S/C12H11N3O5/c1-2-12-13-11(14-20-12)7-19-10-5-8(6-16)3-4-9(10)15(17)18/h3-6H,2,7H2,1H3. The molecule has 0 saturated heterocycles. The van der Waals surface area contributed by atoms with Gasteiger partial charge in [0.25, 0.3) is 0 Å². The van der Waals surface area contributed by atoms with Crippen molar-refractivity contribution in [2.75, 3.05) is 0 Å². The summed E-state index contributed by atoms with van der Waals surface area (Å²) in [6.45, 7) is 1.78. The van der Waals surface area contributed by atoms with Gasteiger partial charge in [-0.3, -0.25) is 14.9 Å². The van der Waals surface area contributed by atoms with Crippen LogP contribution < -0.4 is 4.74 Å². The van der Waals surface area contributed by atoms with Crippen LogP contribution in [0.2, 0.25) is 0 Å². The van der Waals surface area contributed by atoms with Gasteiger partial charge in [0.15, 0.2) is 12.4 Å². The van der Waals surface area contributed by atoms with E-state index in [9.17, 15) is 14.9 Å². The predicted octanol–water partition coefficient (Wildman–Crippen LogP) is 1.93. The third kappa shape index (κ3) is 2.97. The van der Waals surface area contributed by atoms with E-state index in [-0.39, 0.29) is 29.4 Å².